The summed E-state index contributed by atoms with van der Waals surface area (Å²) in [5.41, 5.74) is 0.930. The second-order valence-electron chi connectivity index (χ2n) is 4.02. The molecule has 90 valence electrons. The first-order valence-electron chi connectivity index (χ1n) is 5.59. The zero-order valence-corrected chi connectivity index (χ0v) is 9.89. The van der Waals surface area contributed by atoms with E-state index in [1.807, 2.05) is 37.3 Å². The van der Waals surface area contributed by atoms with Crippen molar-refractivity contribution in [1.82, 2.24) is 5.32 Å². The lowest BCUT2D eigenvalue weighted by atomic mass is 10.1. The number of hydrogen-bond acceptors (Lipinski definition) is 2. The van der Waals surface area contributed by atoms with Gasteiger partial charge in [0.1, 0.15) is 6.10 Å². The summed E-state index contributed by atoms with van der Waals surface area (Å²) in [7, 11) is 0. The SMILES string of the molecule is C#CCC(C)NC(=O)[C@@H](O)Cc1ccccc1. The number of benzene rings is 1. The van der Waals surface area contributed by atoms with Crippen molar-refractivity contribution < 1.29 is 9.90 Å². The van der Waals surface area contributed by atoms with E-state index in [9.17, 15) is 9.90 Å². The molecule has 1 aromatic carbocycles. The van der Waals surface area contributed by atoms with Gasteiger partial charge in [-0.2, -0.15) is 0 Å². The Kier molecular flexibility index (Phi) is 5.25. The topological polar surface area (TPSA) is 49.3 Å². The first-order chi connectivity index (χ1) is 8.13. The van der Waals surface area contributed by atoms with Crippen molar-refractivity contribution in [2.75, 3.05) is 0 Å². The normalized spacial score (nSPS) is 13.5. The van der Waals surface area contributed by atoms with Gasteiger partial charge in [-0.15, -0.1) is 12.3 Å². The van der Waals surface area contributed by atoms with Crippen molar-refractivity contribution in [2.24, 2.45) is 0 Å². The van der Waals surface area contributed by atoms with E-state index in [0.29, 0.717) is 12.8 Å². The molecule has 0 fully saturated rings. The third-order valence-electron chi connectivity index (χ3n) is 2.39. The van der Waals surface area contributed by atoms with Crippen LogP contribution in [0.25, 0.3) is 0 Å². The van der Waals surface area contributed by atoms with Crippen LogP contribution in [0.15, 0.2) is 30.3 Å². The first kappa shape index (κ1) is 13.3. The third kappa shape index (κ3) is 4.71. The molecular formula is C14H17NO2. The highest BCUT2D eigenvalue weighted by atomic mass is 16.3. The molecule has 2 atom stereocenters. The van der Waals surface area contributed by atoms with Crippen molar-refractivity contribution in [3.05, 3.63) is 35.9 Å². The average Bonchev–Trinajstić information content (AvgIpc) is 2.30. The summed E-state index contributed by atoms with van der Waals surface area (Å²) in [6.45, 7) is 1.81. The van der Waals surface area contributed by atoms with Crippen LogP contribution in [-0.2, 0) is 11.2 Å². The Balaban J connectivity index is 2.45. The molecule has 0 aliphatic rings. The van der Waals surface area contributed by atoms with Crippen molar-refractivity contribution >= 4 is 5.91 Å². The average molecular weight is 231 g/mol. The van der Waals surface area contributed by atoms with Gasteiger partial charge in [-0.1, -0.05) is 30.3 Å². The molecule has 0 bridgehead atoms. The Bertz CT molecular complexity index is 394. The predicted molar refractivity (Wildman–Crippen MR) is 67.2 cm³/mol. The van der Waals surface area contributed by atoms with E-state index < -0.39 is 6.10 Å². The lowest BCUT2D eigenvalue weighted by molar-refractivity contribution is -0.129. The van der Waals surface area contributed by atoms with E-state index in [0.717, 1.165) is 5.56 Å². The summed E-state index contributed by atoms with van der Waals surface area (Å²) < 4.78 is 0. The highest BCUT2D eigenvalue weighted by Crippen LogP contribution is 2.03. The number of carbonyl (C=O) groups is 1. The summed E-state index contributed by atoms with van der Waals surface area (Å²) in [5, 5.41) is 12.4. The van der Waals surface area contributed by atoms with Gasteiger partial charge in [0.05, 0.1) is 0 Å². The number of aliphatic hydroxyl groups is 1. The van der Waals surface area contributed by atoms with Crippen molar-refractivity contribution in [3.8, 4) is 12.3 Å². The number of carbonyl (C=O) groups excluding carboxylic acids is 1. The number of aliphatic hydroxyl groups excluding tert-OH is 1. The molecule has 1 rings (SSSR count). The predicted octanol–water partition coefficient (Wildman–Crippen LogP) is 1.12. The fraction of sp³-hybridized carbons (Fsp3) is 0.357. The van der Waals surface area contributed by atoms with Gasteiger partial charge >= 0.3 is 0 Å². The molecule has 0 radical (unpaired) electrons. The summed E-state index contributed by atoms with van der Waals surface area (Å²) in [6.07, 6.45) is 4.89. The molecule has 0 aliphatic heterocycles. The fourth-order valence-electron chi connectivity index (χ4n) is 1.50. The highest BCUT2D eigenvalue weighted by molar-refractivity contribution is 5.81. The number of terminal acetylenes is 1. The minimum atomic E-state index is -1.03. The Morgan fingerprint density at radius 1 is 1.47 bits per heavy atom. The van der Waals surface area contributed by atoms with Crippen LogP contribution in [0.5, 0.6) is 0 Å². The number of nitrogens with one attached hydrogen (secondary N) is 1. The fourth-order valence-corrected chi connectivity index (χ4v) is 1.50. The molecule has 17 heavy (non-hydrogen) atoms. The Hall–Kier alpha value is -1.79. The molecule has 1 aromatic rings. The maximum Gasteiger partial charge on any atom is 0.249 e. The van der Waals surface area contributed by atoms with Crippen LogP contribution in [0, 0.1) is 12.3 Å². The number of hydrogen-bond donors (Lipinski definition) is 2. The molecule has 1 unspecified atom stereocenters. The highest BCUT2D eigenvalue weighted by Gasteiger charge is 2.16. The van der Waals surface area contributed by atoms with Crippen LogP contribution in [0.1, 0.15) is 18.9 Å². The van der Waals surface area contributed by atoms with Crippen LogP contribution >= 0.6 is 0 Å². The van der Waals surface area contributed by atoms with Gasteiger partial charge in [-0.25, -0.2) is 0 Å². The van der Waals surface area contributed by atoms with E-state index in [2.05, 4.69) is 11.2 Å². The molecule has 0 saturated carbocycles. The van der Waals surface area contributed by atoms with Gasteiger partial charge in [0.15, 0.2) is 0 Å². The Morgan fingerprint density at radius 2 is 2.12 bits per heavy atom. The molecule has 2 N–H and O–H groups in total. The van der Waals surface area contributed by atoms with Gasteiger partial charge in [0.25, 0.3) is 0 Å². The Labute approximate surface area is 102 Å². The molecule has 1 amide bonds. The molecule has 3 heteroatoms. The Morgan fingerprint density at radius 3 is 2.71 bits per heavy atom. The maximum absolute atomic E-state index is 11.6. The van der Waals surface area contributed by atoms with E-state index in [1.54, 1.807) is 0 Å². The summed E-state index contributed by atoms with van der Waals surface area (Å²) in [4.78, 5) is 11.6. The number of rotatable bonds is 5. The van der Waals surface area contributed by atoms with E-state index in [4.69, 9.17) is 6.42 Å². The van der Waals surface area contributed by atoms with Crippen molar-refractivity contribution in [3.63, 3.8) is 0 Å². The van der Waals surface area contributed by atoms with Gasteiger partial charge in [0, 0.05) is 18.9 Å². The molecule has 3 nitrogen and oxygen atoms in total. The molecular weight excluding hydrogens is 214 g/mol. The monoisotopic (exact) mass is 231 g/mol. The summed E-state index contributed by atoms with van der Waals surface area (Å²) in [5.74, 6) is 2.09. The van der Waals surface area contributed by atoms with Crippen LogP contribution in [0.3, 0.4) is 0 Å². The second-order valence-corrected chi connectivity index (χ2v) is 4.02. The molecule has 0 heterocycles. The van der Waals surface area contributed by atoms with E-state index in [1.165, 1.54) is 0 Å². The second kappa shape index (κ2) is 6.72. The van der Waals surface area contributed by atoms with Crippen LogP contribution < -0.4 is 5.32 Å². The van der Waals surface area contributed by atoms with Crippen molar-refractivity contribution in [1.29, 1.82) is 0 Å². The standard InChI is InChI=1S/C14H17NO2/c1-3-7-11(2)15-14(17)13(16)10-12-8-5-4-6-9-12/h1,4-6,8-9,11,13,16H,7,10H2,2H3,(H,15,17)/t11?,13-/m0/s1. The minimum Gasteiger partial charge on any atom is -0.383 e. The van der Waals surface area contributed by atoms with Crippen LogP contribution in [-0.4, -0.2) is 23.2 Å². The molecule has 0 aromatic heterocycles. The molecule has 0 spiro atoms. The maximum atomic E-state index is 11.6. The zero-order chi connectivity index (χ0) is 12.7. The third-order valence-corrected chi connectivity index (χ3v) is 2.39. The van der Waals surface area contributed by atoms with E-state index >= 15 is 0 Å². The first-order valence-corrected chi connectivity index (χ1v) is 5.59. The van der Waals surface area contributed by atoms with Gasteiger partial charge in [0.2, 0.25) is 5.91 Å². The van der Waals surface area contributed by atoms with Gasteiger partial charge < -0.3 is 10.4 Å². The minimum absolute atomic E-state index is 0.113. The lowest BCUT2D eigenvalue weighted by Gasteiger charge is -2.15. The molecule has 0 aliphatic carbocycles. The summed E-state index contributed by atoms with van der Waals surface area (Å²) in [6, 6.07) is 9.29. The lowest BCUT2D eigenvalue weighted by Crippen LogP contribution is -2.40. The van der Waals surface area contributed by atoms with Gasteiger partial charge in [-0.05, 0) is 12.5 Å². The van der Waals surface area contributed by atoms with Gasteiger partial charge in [-0.3, -0.25) is 4.79 Å². The zero-order valence-electron chi connectivity index (χ0n) is 9.89. The summed E-state index contributed by atoms with van der Waals surface area (Å²) >= 11 is 0. The van der Waals surface area contributed by atoms with E-state index in [-0.39, 0.29) is 11.9 Å². The quantitative estimate of drug-likeness (QED) is 0.746. The smallest absolute Gasteiger partial charge is 0.249 e. The van der Waals surface area contributed by atoms with Crippen molar-refractivity contribution in [2.45, 2.75) is 31.9 Å². The largest absolute Gasteiger partial charge is 0.383 e. The van der Waals surface area contributed by atoms with Crippen LogP contribution in [0.4, 0.5) is 0 Å². The van der Waals surface area contributed by atoms with Crippen LogP contribution in [0.2, 0.25) is 0 Å². The number of amides is 1. The molecule has 0 saturated heterocycles.